The minimum absolute atomic E-state index is 0.516. The molecule has 2 unspecified atom stereocenters. The molecule has 104 valence electrons. The minimum Gasteiger partial charge on any atom is -0.330 e. The molecule has 0 saturated heterocycles. The first-order valence-electron chi connectivity index (χ1n) is 5.80. The van der Waals surface area contributed by atoms with Crippen LogP contribution in [0.2, 0.25) is 0 Å². The highest BCUT2D eigenvalue weighted by Crippen LogP contribution is 2.24. The maximum Gasteiger partial charge on any atom is 0.0264 e. The Morgan fingerprint density at radius 2 is 1.41 bits per heavy atom. The number of thioether (sulfide) groups is 3. The predicted molar refractivity (Wildman–Crippen MR) is 90.8 cm³/mol. The molecule has 6 N–H and O–H groups in total. The van der Waals surface area contributed by atoms with Crippen LogP contribution in [0.5, 0.6) is 0 Å². The van der Waals surface area contributed by atoms with Crippen molar-refractivity contribution in [1.82, 2.24) is 0 Å². The largest absolute Gasteiger partial charge is 0.330 e. The number of hydrogen-bond acceptors (Lipinski definition) is 7. The fraction of sp³-hybridized carbons (Fsp3) is 1.00. The first kappa shape index (κ1) is 18.3. The first-order valence-corrected chi connectivity index (χ1v) is 9.68. The topological polar surface area (TPSA) is 78.1 Å². The predicted octanol–water partition coefficient (Wildman–Crippen LogP) is 0.729. The molecule has 0 heterocycles. The molecule has 0 amide bonds. The summed E-state index contributed by atoms with van der Waals surface area (Å²) in [6, 6.07) is 0. The van der Waals surface area contributed by atoms with Crippen molar-refractivity contribution in [1.29, 1.82) is 0 Å². The number of thiol groups is 1. The van der Waals surface area contributed by atoms with Crippen LogP contribution in [0.15, 0.2) is 0 Å². The van der Waals surface area contributed by atoms with E-state index in [0.717, 1.165) is 48.4 Å². The van der Waals surface area contributed by atoms with Crippen molar-refractivity contribution in [2.24, 2.45) is 17.2 Å². The molecular weight excluding hydrogens is 290 g/mol. The summed E-state index contributed by atoms with van der Waals surface area (Å²) in [5.74, 6) is 5.15. The molecule has 0 aromatic rings. The van der Waals surface area contributed by atoms with E-state index in [1.807, 2.05) is 35.3 Å². The molecule has 0 spiro atoms. The van der Waals surface area contributed by atoms with E-state index >= 15 is 0 Å². The molecule has 7 heteroatoms. The summed E-state index contributed by atoms with van der Waals surface area (Å²) in [7, 11) is 0. The lowest BCUT2D eigenvalue weighted by Crippen LogP contribution is -2.25. The van der Waals surface area contributed by atoms with Crippen LogP contribution < -0.4 is 17.2 Å². The van der Waals surface area contributed by atoms with Crippen molar-refractivity contribution in [3.05, 3.63) is 0 Å². The van der Waals surface area contributed by atoms with Crippen LogP contribution in [0.3, 0.4) is 0 Å². The SMILES string of the molecule is NCCSCC(CN)SC(CS)CSCCN. The van der Waals surface area contributed by atoms with Gasteiger partial charge in [-0.1, -0.05) is 0 Å². The van der Waals surface area contributed by atoms with Crippen molar-refractivity contribution in [3.8, 4) is 0 Å². The van der Waals surface area contributed by atoms with Gasteiger partial charge in [0.25, 0.3) is 0 Å². The van der Waals surface area contributed by atoms with Crippen molar-refractivity contribution in [3.63, 3.8) is 0 Å². The summed E-state index contributed by atoms with van der Waals surface area (Å²) in [4.78, 5) is 0. The Labute approximate surface area is 124 Å². The molecule has 0 bridgehead atoms. The van der Waals surface area contributed by atoms with Crippen LogP contribution in [-0.4, -0.2) is 58.9 Å². The number of rotatable bonds is 12. The Bertz CT molecular complexity index is 146. The second kappa shape index (κ2) is 13.7. The summed E-state index contributed by atoms with van der Waals surface area (Å²) in [5, 5.41) is 1.09. The number of nitrogens with two attached hydrogens (primary N) is 3. The van der Waals surface area contributed by atoms with Gasteiger partial charge in [0.2, 0.25) is 0 Å². The molecule has 3 nitrogen and oxygen atoms in total. The Kier molecular flexibility index (Phi) is 14.7. The smallest absolute Gasteiger partial charge is 0.0264 e. The fourth-order valence-electron chi connectivity index (χ4n) is 1.17. The van der Waals surface area contributed by atoms with Crippen molar-refractivity contribution < 1.29 is 0 Å². The van der Waals surface area contributed by atoms with E-state index in [9.17, 15) is 0 Å². The first-order chi connectivity index (χ1) is 8.28. The molecule has 0 fully saturated rings. The molecule has 17 heavy (non-hydrogen) atoms. The maximum absolute atomic E-state index is 5.80. The normalized spacial score (nSPS) is 14.8. The molecule has 0 aliphatic heterocycles. The van der Waals surface area contributed by atoms with Crippen LogP contribution >= 0.6 is 47.9 Å². The second-order valence-electron chi connectivity index (χ2n) is 3.53. The summed E-state index contributed by atoms with van der Waals surface area (Å²) >= 11 is 10.2. The van der Waals surface area contributed by atoms with E-state index in [0.29, 0.717) is 10.5 Å². The molecular formula is C10H25N3S4. The highest BCUT2D eigenvalue weighted by molar-refractivity contribution is 8.05. The van der Waals surface area contributed by atoms with Gasteiger partial charge in [-0.25, -0.2) is 0 Å². The van der Waals surface area contributed by atoms with Crippen LogP contribution in [0.4, 0.5) is 0 Å². The van der Waals surface area contributed by atoms with E-state index < -0.39 is 0 Å². The average Bonchev–Trinajstić information content (AvgIpc) is 2.36. The zero-order chi connectivity index (χ0) is 12.9. The number of hydrogen-bond donors (Lipinski definition) is 4. The van der Waals surface area contributed by atoms with Gasteiger partial charge in [0.15, 0.2) is 0 Å². The van der Waals surface area contributed by atoms with Crippen molar-refractivity contribution in [2.45, 2.75) is 10.5 Å². The van der Waals surface area contributed by atoms with Gasteiger partial charge in [-0.2, -0.15) is 47.9 Å². The second-order valence-corrected chi connectivity index (χ2v) is 7.80. The highest BCUT2D eigenvalue weighted by Gasteiger charge is 2.15. The van der Waals surface area contributed by atoms with Gasteiger partial charge in [-0.3, -0.25) is 0 Å². The monoisotopic (exact) mass is 315 g/mol. The molecule has 0 rings (SSSR count). The Hall–Kier alpha value is 1.28. The van der Waals surface area contributed by atoms with Gasteiger partial charge >= 0.3 is 0 Å². The van der Waals surface area contributed by atoms with Crippen LogP contribution in [-0.2, 0) is 0 Å². The van der Waals surface area contributed by atoms with Gasteiger partial charge < -0.3 is 17.2 Å². The average molecular weight is 316 g/mol. The lowest BCUT2D eigenvalue weighted by Gasteiger charge is -2.20. The van der Waals surface area contributed by atoms with Gasteiger partial charge in [-0.15, -0.1) is 0 Å². The van der Waals surface area contributed by atoms with Gasteiger partial charge in [-0.05, 0) is 0 Å². The third kappa shape index (κ3) is 10.9. The molecule has 0 saturated carbocycles. The third-order valence-corrected chi connectivity index (χ3v) is 6.88. The van der Waals surface area contributed by atoms with E-state index in [2.05, 4.69) is 12.6 Å². The van der Waals surface area contributed by atoms with Crippen molar-refractivity contribution >= 4 is 47.9 Å². The summed E-state index contributed by atoms with van der Waals surface area (Å²) in [6.45, 7) is 2.23. The summed E-state index contributed by atoms with van der Waals surface area (Å²) in [5.41, 5.74) is 16.8. The fourth-order valence-corrected chi connectivity index (χ4v) is 5.12. The Morgan fingerprint density at radius 1 is 0.882 bits per heavy atom. The Balaban J connectivity index is 3.77. The van der Waals surface area contributed by atoms with E-state index in [-0.39, 0.29) is 0 Å². The van der Waals surface area contributed by atoms with Crippen LogP contribution in [0, 0.1) is 0 Å². The van der Waals surface area contributed by atoms with E-state index in [1.165, 1.54) is 0 Å². The molecule has 0 aromatic heterocycles. The summed E-state index contributed by atoms with van der Waals surface area (Å²) < 4.78 is 0. The summed E-state index contributed by atoms with van der Waals surface area (Å²) in [6.07, 6.45) is 0. The molecule has 0 aliphatic carbocycles. The third-order valence-electron chi connectivity index (χ3n) is 1.98. The van der Waals surface area contributed by atoms with Crippen LogP contribution in [0.25, 0.3) is 0 Å². The molecule has 0 aromatic carbocycles. The maximum atomic E-state index is 5.80. The van der Waals surface area contributed by atoms with E-state index in [4.69, 9.17) is 17.2 Å². The molecule has 0 aliphatic rings. The van der Waals surface area contributed by atoms with Gasteiger partial charge in [0, 0.05) is 58.9 Å². The Morgan fingerprint density at radius 3 is 1.82 bits per heavy atom. The highest BCUT2D eigenvalue weighted by atomic mass is 32.2. The van der Waals surface area contributed by atoms with Gasteiger partial charge in [0.1, 0.15) is 0 Å². The van der Waals surface area contributed by atoms with Crippen LogP contribution in [0.1, 0.15) is 0 Å². The quantitative estimate of drug-likeness (QED) is 0.314. The van der Waals surface area contributed by atoms with Crippen molar-refractivity contribution in [2.75, 3.05) is 48.4 Å². The zero-order valence-electron chi connectivity index (χ0n) is 10.2. The molecule has 0 radical (unpaired) electrons. The lowest BCUT2D eigenvalue weighted by molar-refractivity contribution is 0.950. The zero-order valence-corrected chi connectivity index (χ0v) is 13.6. The van der Waals surface area contributed by atoms with Gasteiger partial charge in [0.05, 0.1) is 0 Å². The standard InChI is InChI=1S/C10H25N3S4/c11-1-3-15-7-9(5-13)17-10(6-14)8-16-4-2-12/h9-10,14H,1-8,11-13H2. The lowest BCUT2D eigenvalue weighted by atomic mass is 10.5. The minimum atomic E-state index is 0.516. The van der Waals surface area contributed by atoms with E-state index in [1.54, 1.807) is 0 Å². The molecule has 2 atom stereocenters.